The number of aromatic nitrogens is 2. The fraction of sp³-hybridized carbons (Fsp3) is 0.286. The Balaban J connectivity index is 2.27. The predicted octanol–water partition coefficient (Wildman–Crippen LogP) is 1.28. The average molecular weight is 273 g/mol. The summed E-state index contributed by atoms with van der Waals surface area (Å²) < 4.78 is 1.67. The van der Waals surface area contributed by atoms with E-state index in [9.17, 15) is 4.79 Å². The minimum Gasteiger partial charge on any atom is -0.320 e. The van der Waals surface area contributed by atoms with Crippen molar-refractivity contribution in [2.75, 3.05) is 6.54 Å². The van der Waals surface area contributed by atoms with E-state index in [0.717, 1.165) is 22.0 Å². The summed E-state index contributed by atoms with van der Waals surface area (Å²) in [7, 11) is 0. The molecule has 19 heavy (non-hydrogen) atoms. The topological polar surface area (TPSA) is 60.9 Å². The van der Waals surface area contributed by atoms with Gasteiger partial charge in [-0.3, -0.25) is 9.36 Å². The molecule has 0 aromatic carbocycles. The second-order valence-electron chi connectivity index (χ2n) is 4.18. The summed E-state index contributed by atoms with van der Waals surface area (Å²) in [4.78, 5) is 17.3. The molecular weight excluding hydrogens is 258 g/mol. The van der Waals surface area contributed by atoms with E-state index in [4.69, 9.17) is 5.73 Å². The highest BCUT2D eigenvalue weighted by molar-refractivity contribution is 7.10. The van der Waals surface area contributed by atoms with Crippen molar-refractivity contribution in [2.24, 2.45) is 5.73 Å². The molecule has 0 unspecified atom stereocenters. The van der Waals surface area contributed by atoms with Crippen LogP contribution < -0.4 is 11.3 Å². The third-order valence-electron chi connectivity index (χ3n) is 2.63. The van der Waals surface area contributed by atoms with Crippen molar-refractivity contribution in [1.29, 1.82) is 0 Å². The van der Waals surface area contributed by atoms with Gasteiger partial charge in [0.1, 0.15) is 5.82 Å². The molecule has 4 nitrogen and oxygen atoms in total. The quantitative estimate of drug-likeness (QED) is 0.839. The van der Waals surface area contributed by atoms with Gasteiger partial charge >= 0.3 is 0 Å². The number of hydrogen-bond acceptors (Lipinski definition) is 4. The maximum absolute atomic E-state index is 11.9. The maximum Gasteiger partial charge on any atom is 0.254 e. The average Bonchev–Trinajstić information content (AvgIpc) is 2.79. The molecule has 0 aliphatic carbocycles. The Labute approximate surface area is 115 Å². The van der Waals surface area contributed by atoms with Crippen molar-refractivity contribution in [3.8, 4) is 11.8 Å². The Morgan fingerprint density at radius 2 is 2.21 bits per heavy atom. The van der Waals surface area contributed by atoms with E-state index in [-0.39, 0.29) is 5.56 Å². The largest absolute Gasteiger partial charge is 0.320 e. The normalized spacial score (nSPS) is 10.1. The van der Waals surface area contributed by atoms with Crippen LogP contribution in [0.1, 0.15) is 22.0 Å². The van der Waals surface area contributed by atoms with Crippen LogP contribution in [0.4, 0.5) is 0 Å². The minimum atomic E-state index is -0.0204. The molecule has 2 aromatic heterocycles. The summed E-state index contributed by atoms with van der Waals surface area (Å²) >= 11 is 1.59. The number of rotatable bonds is 2. The molecule has 2 aromatic rings. The van der Waals surface area contributed by atoms with Gasteiger partial charge < -0.3 is 5.73 Å². The van der Waals surface area contributed by atoms with Crippen LogP contribution in [-0.2, 0) is 6.54 Å². The van der Waals surface area contributed by atoms with Crippen LogP contribution >= 0.6 is 11.3 Å². The highest BCUT2D eigenvalue weighted by Crippen LogP contribution is 2.15. The van der Waals surface area contributed by atoms with Gasteiger partial charge in [-0.2, -0.15) is 0 Å². The molecular formula is C14H15N3OS. The van der Waals surface area contributed by atoms with Crippen LogP contribution in [0.25, 0.3) is 0 Å². The SMILES string of the molecule is Cc1cc(=O)n(Cc2cc(C#CCN)cs2)c(C)n1. The zero-order valence-corrected chi connectivity index (χ0v) is 11.8. The van der Waals surface area contributed by atoms with Crippen molar-refractivity contribution < 1.29 is 0 Å². The Morgan fingerprint density at radius 1 is 1.42 bits per heavy atom. The summed E-state index contributed by atoms with van der Waals surface area (Å²) in [5.74, 6) is 6.53. The van der Waals surface area contributed by atoms with E-state index in [1.807, 2.05) is 25.3 Å². The van der Waals surface area contributed by atoms with E-state index >= 15 is 0 Å². The molecule has 0 amide bonds. The third kappa shape index (κ3) is 3.31. The van der Waals surface area contributed by atoms with E-state index in [1.54, 1.807) is 22.0 Å². The van der Waals surface area contributed by atoms with Crippen LogP contribution in [0.2, 0.25) is 0 Å². The van der Waals surface area contributed by atoms with Crippen molar-refractivity contribution in [3.63, 3.8) is 0 Å². The van der Waals surface area contributed by atoms with Gasteiger partial charge in [0, 0.05) is 27.6 Å². The molecule has 0 saturated heterocycles. The second kappa shape index (κ2) is 5.83. The van der Waals surface area contributed by atoms with Crippen molar-refractivity contribution in [2.45, 2.75) is 20.4 Å². The molecule has 2 N–H and O–H groups in total. The lowest BCUT2D eigenvalue weighted by Crippen LogP contribution is -2.23. The molecule has 98 valence electrons. The summed E-state index contributed by atoms with van der Waals surface area (Å²) in [6.45, 7) is 4.56. The van der Waals surface area contributed by atoms with Gasteiger partial charge in [-0.05, 0) is 19.9 Å². The molecule has 0 bridgehead atoms. The second-order valence-corrected chi connectivity index (χ2v) is 5.17. The summed E-state index contributed by atoms with van der Waals surface area (Å²) in [5, 5.41) is 1.97. The molecule has 0 radical (unpaired) electrons. The van der Waals surface area contributed by atoms with Gasteiger partial charge in [0.05, 0.1) is 13.1 Å². The summed E-state index contributed by atoms with van der Waals surface area (Å²) in [6, 6.07) is 3.54. The first-order valence-electron chi connectivity index (χ1n) is 5.91. The van der Waals surface area contributed by atoms with Crippen molar-refractivity contribution in [1.82, 2.24) is 9.55 Å². The fourth-order valence-corrected chi connectivity index (χ4v) is 2.60. The van der Waals surface area contributed by atoms with Gasteiger partial charge in [0.2, 0.25) is 0 Å². The standard InChI is InChI=1S/C14H15N3OS/c1-10-6-14(18)17(11(2)16-10)8-13-7-12(9-19-13)4-3-5-15/h6-7,9H,5,8,15H2,1-2H3. The first kappa shape index (κ1) is 13.5. The summed E-state index contributed by atoms with van der Waals surface area (Å²) in [6.07, 6.45) is 0. The highest BCUT2D eigenvalue weighted by Gasteiger charge is 2.05. The van der Waals surface area contributed by atoms with Crippen molar-refractivity contribution >= 4 is 11.3 Å². The molecule has 0 saturated carbocycles. The predicted molar refractivity (Wildman–Crippen MR) is 77.3 cm³/mol. The molecule has 0 atom stereocenters. The summed E-state index contributed by atoms with van der Waals surface area (Å²) in [5.41, 5.74) is 7.01. The monoisotopic (exact) mass is 273 g/mol. The van der Waals surface area contributed by atoms with Crippen LogP contribution in [0.15, 0.2) is 22.3 Å². The van der Waals surface area contributed by atoms with Gasteiger partial charge in [-0.15, -0.1) is 11.3 Å². The number of hydrogen-bond donors (Lipinski definition) is 1. The zero-order chi connectivity index (χ0) is 13.8. The molecule has 0 aliphatic rings. The molecule has 0 spiro atoms. The Hall–Kier alpha value is -1.90. The van der Waals surface area contributed by atoms with Gasteiger partial charge in [-0.1, -0.05) is 11.8 Å². The van der Waals surface area contributed by atoms with Gasteiger partial charge in [-0.25, -0.2) is 4.98 Å². The first-order chi connectivity index (χ1) is 9.10. The smallest absolute Gasteiger partial charge is 0.254 e. The maximum atomic E-state index is 11.9. The lowest BCUT2D eigenvalue weighted by molar-refractivity contribution is 0.701. The number of nitrogens with zero attached hydrogens (tertiary/aromatic N) is 2. The van der Waals surface area contributed by atoms with E-state index < -0.39 is 0 Å². The number of aryl methyl sites for hydroxylation is 2. The molecule has 0 aliphatic heterocycles. The molecule has 2 rings (SSSR count). The van der Waals surface area contributed by atoms with E-state index in [0.29, 0.717) is 13.1 Å². The molecule has 0 fully saturated rings. The number of nitrogens with two attached hydrogens (primary N) is 1. The van der Waals surface area contributed by atoms with Crippen LogP contribution in [0, 0.1) is 25.7 Å². The van der Waals surface area contributed by atoms with Gasteiger partial charge in [0.15, 0.2) is 0 Å². The third-order valence-corrected chi connectivity index (χ3v) is 3.55. The van der Waals surface area contributed by atoms with Crippen LogP contribution in [0.5, 0.6) is 0 Å². The Bertz CT molecular complexity index is 703. The van der Waals surface area contributed by atoms with Gasteiger partial charge in [0.25, 0.3) is 5.56 Å². The number of thiophene rings is 1. The van der Waals surface area contributed by atoms with Crippen molar-refractivity contribution in [3.05, 3.63) is 49.8 Å². The minimum absolute atomic E-state index is 0.0204. The lowest BCUT2D eigenvalue weighted by Gasteiger charge is -2.07. The molecule has 2 heterocycles. The zero-order valence-electron chi connectivity index (χ0n) is 10.9. The van der Waals surface area contributed by atoms with E-state index in [2.05, 4.69) is 16.8 Å². The molecule has 5 heteroatoms. The Morgan fingerprint density at radius 3 is 2.89 bits per heavy atom. The van der Waals surface area contributed by atoms with Crippen LogP contribution in [-0.4, -0.2) is 16.1 Å². The fourth-order valence-electron chi connectivity index (χ4n) is 1.79. The highest BCUT2D eigenvalue weighted by atomic mass is 32.1. The van der Waals surface area contributed by atoms with Crippen LogP contribution in [0.3, 0.4) is 0 Å². The van der Waals surface area contributed by atoms with E-state index in [1.165, 1.54) is 0 Å². The Kier molecular flexibility index (Phi) is 4.15. The lowest BCUT2D eigenvalue weighted by atomic mass is 10.3. The first-order valence-corrected chi connectivity index (χ1v) is 6.79.